The first-order valence-electron chi connectivity index (χ1n) is 4.49. The van der Waals surface area contributed by atoms with Crippen LogP contribution >= 0.6 is 0 Å². The molecule has 0 saturated heterocycles. The zero-order valence-electron chi connectivity index (χ0n) is 9.66. The summed E-state index contributed by atoms with van der Waals surface area (Å²) in [6, 6.07) is 0. The maximum atomic E-state index is 11.1. The molecule has 0 atom stereocenters. The van der Waals surface area contributed by atoms with Gasteiger partial charge in [-0.15, -0.1) is 0 Å². The highest BCUT2D eigenvalue weighted by molar-refractivity contribution is 6.38. The van der Waals surface area contributed by atoms with Crippen molar-refractivity contribution in [3.63, 3.8) is 0 Å². The molecule has 0 aliphatic rings. The van der Waals surface area contributed by atoms with E-state index in [1.807, 2.05) is 0 Å². The standard InChI is InChI=1S/C9H18O5Si/c1-7(2)8(10)14-6-15-9(11-3,12-4)13-5/h1,6,15H2,2-5H3. The Morgan fingerprint density at radius 3 is 2.07 bits per heavy atom. The van der Waals surface area contributed by atoms with Crippen LogP contribution in [-0.4, -0.2) is 48.6 Å². The molecule has 0 aromatic carbocycles. The third kappa shape index (κ3) is 4.56. The van der Waals surface area contributed by atoms with Crippen molar-refractivity contribution in [1.82, 2.24) is 0 Å². The number of ether oxygens (including phenoxy) is 4. The average molecular weight is 234 g/mol. The Morgan fingerprint density at radius 1 is 1.27 bits per heavy atom. The van der Waals surface area contributed by atoms with Crippen LogP contribution in [0.5, 0.6) is 0 Å². The van der Waals surface area contributed by atoms with Gasteiger partial charge in [0, 0.05) is 26.9 Å². The lowest BCUT2D eigenvalue weighted by molar-refractivity contribution is -0.295. The molecule has 6 heteroatoms. The van der Waals surface area contributed by atoms with Gasteiger partial charge in [-0.2, -0.15) is 0 Å². The molecule has 0 saturated carbocycles. The van der Waals surface area contributed by atoms with Crippen molar-refractivity contribution < 1.29 is 23.7 Å². The van der Waals surface area contributed by atoms with Crippen LogP contribution in [0.25, 0.3) is 0 Å². The predicted molar refractivity (Wildman–Crippen MR) is 58.1 cm³/mol. The van der Waals surface area contributed by atoms with Crippen LogP contribution in [0.3, 0.4) is 0 Å². The zero-order valence-corrected chi connectivity index (χ0v) is 11.1. The molecular formula is C9H18O5Si. The van der Waals surface area contributed by atoms with Gasteiger partial charge in [0.25, 0.3) is 5.60 Å². The highest BCUT2D eigenvalue weighted by atomic mass is 28.2. The van der Waals surface area contributed by atoms with Gasteiger partial charge in [0.1, 0.15) is 0 Å². The largest absolute Gasteiger partial charge is 0.466 e. The van der Waals surface area contributed by atoms with Gasteiger partial charge in [-0.1, -0.05) is 6.58 Å². The van der Waals surface area contributed by atoms with E-state index >= 15 is 0 Å². The van der Waals surface area contributed by atoms with Gasteiger partial charge in [-0.05, 0) is 6.92 Å². The first-order chi connectivity index (χ1) is 7.01. The molecule has 0 heterocycles. The number of methoxy groups -OCH3 is 3. The van der Waals surface area contributed by atoms with E-state index < -0.39 is 21.1 Å². The van der Waals surface area contributed by atoms with Crippen molar-refractivity contribution in [3.8, 4) is 0 Å². The van der Waals surface area contributed by atoms with Crippen LogP contribution in [0.1, 0.15) is 6.92 Å². The fourth-order valence-electron chi connectivity index (χ4n) is 0.948. The highest BCUT2D eigenvalue weighted by Crippen LogP contribution is 2.09. The molecule has 0 aromatic rings. The van der Waals surface area contributed by atoms with Crippen molar-refractivity contribution in [1.29, 1.82) is 0 Å². The Balaban J connectivity index is 4.02. The Hall–Kier alpha value is -0.693. The molecule has 0 aliphatic heterocycles. The van der Waals surface area contributed by atoms with Gasteiger partial charge in [0.2, 0.25) is 0 Å². The molecule has 5 nitrogen and oxygen atoms in total. The summed E-state index contributed by atoms with van der Waals surface area (Å²) in [6.07, 6.45) is 0.279. The molecule has 0 radical (unpaired) electrons. The highest BCUT2D eigenvalue weighted by Gasteiger charge is 2.29. The molecule has 0 fully saturated rings. The van der Waals surface area contributed by atoms with E-state index in [9.17, 15) is 4.79 Å². The van der Waals surface area contributed by atoms with Crippen molar-refractivity contribution >= 4 is 15.5 Å². The summed E-state index contributed by atoms with van der Waals surface area (Å²) >= 11 is 0. The number of carbonyl (C=O) groups excluding carboxylic acids is 1. The Labute approximate surface area is 92.2 Å². The molecule has 0 unspecified atom stereocenters. The average Bonchev–Trinajstić information content (AvgIpc) is 2.24. The third-order valence-corrected chi connectivity index (χ3v) is 3.81. The van der Waals surface area contributed by atoms with Gasteiger partial charge >= 0.3 is 5.97 Å². The molecule has 0 aliphatic carbocycles. The quantitative estimate of drug-likeness (QED) is 0.264. The molecular weight excluding hydrogens is 216 g/mol. The Morgan fingerprint density at radius 2 is 1.73 bits per heavy atom. The van der Waals surface area contributed by atoms with E-state index in [1.165, 1.54) is 21.3 Å². The number of hydrogen-bond donors (Lipinski definition) is 0. The molecule has 0 aromatic heterocycles. The summed E-state index contributed by atoms with van der Waals surface area (Å²) in [5.41, 5.74) is -0.642. The second kappa shape index (κ2) is 6.73. The first kappa shape index (κ1) is 14.3. The number of carbonyl (C=O) groups is 1. The number of hydrogen-bond acceptors (Lipinski definition) is 5. The SMILES string of the molecule is C=C(C)C(=O)OC[SiH2]C(OC)(OC)OC. The Kier molecular flexibility index (Phi) is 6.42. The fourth-order valence-corrected chi connectivity index (χ4v) is 2.10. The third-order valence-electron chi connectivity index (χ3n) is 1.92. The van der Waals surface area contributed by atoms with E-state index in [1.54, 1.807) is 6.92 Å². The second-order valence-corrected chi connectivity index (χ2v) is 4.74. The van der Waals surface area contributed by atoms with Crippen molar-refractivity contribution in [2.75, 3.05) is 27.6 Å². The summed E-state index contributed by atoms with van der Waals surface area (Å²) in [5.74, 6) is -0.403. The predicted octanol–water partition coefficient (Wildman–Crippen LogP) is -0.218. The van der Waals surface area contributed by atoms with Gasteiger partial charge in [0.15, 0.2) is 9.52 Å². The lowest BCUT2D eigenvalue weighted by Crippen LogP contribution is -2.44. The summed E-state index contributed by atoms with van der Waals surface area (Å²) < 4.78 is 20.2. The maximum Gasteiger partial charge on any atom is 0.332 e. The van der Waals surface area contributed by atoms with E-state index in [-0.39, 0.29) is 6.23 Å². The second-order valence-electron chi connectivity index (χ2n) is 2.96. The monoisotopic (exact) mass is 234 g/mol. The van der Waals surface area contributed by atoms with Gasteiger partial charge in [-0.25, -0.2) is 4.79 Å². The van der Waals surface area contributed by atoms with Crippen LogP contribution in [-0.2, 0) is 23.7 Å². The number of rotatable bonds is 7. The van der Waals surface area contributed by atoms with E-state index in [0.29, 0.717) is 5.57 Å². The molecule has 88 valence electrons. The summed E-state index contributed by atoms with van der Waals surface area (Å²) in [5, 5.41) is 0. The summed E-state index contributed by atoms with van der Waals surface area (Å²) in [4.78, 5) is 11.1. The lowest BCUT2D eigenvalue weighted by Gasteiger charge is -2.28. The van der Waals surface area contributed by atoms with Gasteiger partial charge in [-0.3, -0.25) is 0 Å². The fraction of sp³-hybridized carbons (Fsp3) is 0.667. The van der Waals surface area contributed by atoms with Gasteiger partial charge < -0.3 is 18.9 Å². The molecule has 15 heavy (non-hydrogen) atoms. The van der Waals surface area contributed by atoms with Gasteiger partial charge in [0.05, 0.1) is 6.23 Å². The van der Waals surface area contributed by atoms with Crippen LogP contribution < -0.4 is 0 Å². The summed E-state index contributed by atoms with van der Waals surface area (Å²) in [7, 11) is 3.45. The lowest BCUT2D eigenvalue weighted by atomic mass is 10.4. The first-order valence-corrected chi connectivity index (χ1v) is 6.20. The normalized spacial score (nSPS) is 12.0. The minimum Gasteiger partial charge on any atom is -0.466 e. The van der Waals surface area contributed by atoms with E-state index in [4.69, 9.17) is 18.9 Å². The topological polar surface area (TPSA) is 54.0 Å². The van der Waals surface area contributed by atoms with Crippen molar-refractivity contribution in [3.05, 3.63) is 12.2 Å². The Bertz CT molecular complexity index is 216. The molecule has 0 rings (SSSR count). The van der Waals surface area contributed by atoms with Crippen LogP contribution in [0, 0.1) is 0 Å². The molecule has 0 amide bonds. The van der Waals surface area contributed by atoms with Crippen LogP contribution in [0.4, 0.5) is 0 Å². The molecule has 0 spiro atoms. The van der Waals surface area contributed by atoms with E-state index in [0.717, 1.165) is 0 Å². The summed E-state index contributed by atoms with van der Waals surface area (Å²) in [6.45, 7) is 5.08. The van der Waals surface area contributed by atoms with Crippen LogP contribution in [0.2, 0.25) is 0 Å². The maximum absolute atomic E-state index is 11.1. The van der Waals surface area contributed by atoms with E-state index in [2.05, 4.69) is 6.58 Å². The van der Waals surface area contributed by atoms with Crippen molar-refractivity contribution in [2.24, 2.45) is 0 Å². The molecule has 0 N–H and O–H groups in total. The zero-order chi connectivity index (χ0) is 11.9. The minimum absolute atomic E-state index is 0.279. The smallest absolute Gasteiger partial charge is 0.332 e. The van der Waals surface area contributed by atoms with Crippen LogP contribution in [0.15, 0.2) is 12.2 Å². The number of esters is 1. The van der Waals surface area contributed by atoms with Crippen molar-refractivity contribution in [2.45, 2.75) is 12.5 Å². The minimum atomic E-state index is -1.02. The molecule has 0 bridgehead atoms.